The lowest BCUT2D eigenvalue weighted by Crippen LogP contribution is -2.54. The smallest absolute Gasteiger partial charge is 0.329 e. The zero-order valence-electron chi connectivity index (χ0n) is 12.1. The van der Waals surface area contributed by atoms with Gasteiger partial charge in [0.2, 0.25) is 11.1 Å². The maximum Gasteiger partial charge on any atom is 0.329 e. The van der Waals surface area contributed by atoms with Gasteiger partial charge in [-0.2, -0.15) is 0 Å². The van der Waals surface area contributed by atoms with Crippen molar-refractivity contribution in [1.29, 1.82) is 0 Å². The van der Waals surface area contributed by atoms with E-state index in [1.165, 1.54) is 11.8 Å². The average Bonchev–Trinajstić information content (AvgIpc) is 3.21. The maximum atomic E-state index is 12.0. The van der Waals surface area contributed by atoms with Gasteiger partial charge in [-0.05, 0) is 36.1 Å². The molecule has 0 bridgehead atoms. The van der Waals surface area contributed by atoms with E-state index in [1.54, 1.807) is 18.5 Å². The third-order valence-corrected chi connectivity index (χ3v) is 4.62. The van der Waals surface area contributed by atoms with Crippen LogP contribution in [0.3, 0.4) is 0 Å². The molecule has 1 aliphatic carbocycles. The number of aromatic nitrogens is 4. The minimum Gasteiger partial charge on any atom is -0.480 e. The van der Waals surface area contributed by atoms with Gasteiger partial charge in [0.1, 0.15) is 5.54 Å². The van der Waals surface area contributed by atoms with Gasteiger partial charge in [-0.1, -0.05) is 25.6 Å². The summed E-state index contributed by atoms with van der Waals surface area (Å²) in [4.78, 5) is 23.3. The van der Waals surface area contributed by atoms with Crippen LogP contribution in [0.1, 0.15) is 45.6 Å². The quantitative estimate of drug-likeness (QED) is 0.685. The molecule has 21 heavy (non-hydrogen) atoms. The van der Waals surface area contributed by atoms with Crippen LogP contribution in [0.5, 0.6) is 0 Å². The number of carboxylic acid groups (broad SMARTS) is 1. The summed E-state index contributed by atoms with van der Waals surface area (Å²) < 4.78 is 1.72. The predicted octanol–water partition coefficient (Wildman–Crippen LogP) is 0.860. The molecule has 1 aromatic heterocycles. The number of carboxylic acids is 1. The van der Waals surface area contributed by atoms with Crippen molar-refractivity contribution in [3.63, 3.8) is 0 Å². The van der Waals surface area contributed by atoms with Gasteiger partial charge in [-0.3, -0.25) is 4.79 Å². The van der Waals surface area contributed by atoms with E-state index in [0.717, 1.165) is 12.8 Å². The largest absolute Gasteiger partial charge is 0.480 e. The molecule has 1 aromatic rings. The summed E-state index contributed by atoms with van der Waals surface area (Å²) in [6.45, 7) is 3.50. The molecule has 0 aliphatic heterocycles. The Balaban J connectivity index is 1.92. The molecule has 1 aliphatic rings. The minimum absolute atomic E-state index is 0.0993. The lowest BCUT2D eigenvalue weighted by molar-refractivity contribution is -0.147. The van der Waals surface area contributed by atoms with E-state index in [4.69, 9.17) is 0 Å². The van der Waals surface area contributed by atoms with Crippen LogP contribution in [-0.2, 0) is 9.59 Å². The molecule has 9 heteroatoms. The van der Waals surface area contributed by atoms with Crippen LogP contribution in [0.2, 0.25) is 0 Å². The van der Waals surface area contributed by atoms with E-state index < -0.39 is 11.5 Å². The van der Waals surface area contributed by atoms with Crippen LogP contribution in [0.4, 0.5) is 0 Å². The highest BCUT2D eigenvalue weighted by atomic mass is 32.2. The summed E-state index contributed by atoms with van der Waals surface area (Å²) in [5.41, 5.74) is -1.19. The molecular weight excluding hydrogens is 294 g/mol. The van der Waals surface area contributed by atoms with Gasteiger partial charge in [0, 0.05) is 0 Å². The Morgan fingerprint density at radius 2 is 2.10 bits per heavy atom. The molecule has 1 amide bonds. The minimum atomic E-state index is -1.19. The van der Waals surface area contributed by atoms with E-state index in [-0.39, 0.29) is 11.7 Å². The summed E-state index contributed by atoms with van der Waals surface area (Å²) in [6.07, 6.45) is 2.79. The first-order valence-electron chi connectivity index (χ1n) is 6.97. The Labute approximate surface area is 126 Å². The van der Waals surface area contributed by atoms with Crippen molar-refractivity contribution < 1.29 is 14.7 Å². The Hall–Kier alpha value is -1.64. The lowest BCUT2D eigenvalue weighted by Gasteiger charge is -2.27. The number of carbonyl (C=O) groups excluding carboxylic acids is 1. The van der Waals surface area contributed by atoms with Gasteiger partial charge in [0.15, 0.2) is 0 Å². The number of hydrogen-bond acceptors (Lipinski definition) is 6. The Morgan fingerprint density at radius 3 is 2.62 bits per heavy atom. The number of tetrazole rings is 1. The van der Waals surface area contributed by atoms with Gasteiger partial charge in [0.25, 0.3) is 0 Å². The van der Waals surface area contributed by atoms with E-state index in [0.29, 0.717) is 24.0 Å². The molecule has 0 spiro atoms. The van der Waals surface area contributed by atoms with Crippen LogP contribution in [0, 0.1) is 0 Å². The molecule has 1 saturated carbocycles. The second kappa shape index (κ2) is 6.42. The second-order valence-electron chi connectivity index (χ2n) is 5.07. The third kappa shape index (κ3) is 3.52. The molecule has 2 N–H and O–H groups in total. The van der Waals surface area contributed by atoms with E-state index in [9.17, 15) is 14.7 Å². The topological polar surface area (TPSA) is 110 Å². The lowest BCUT2D eigenvalue weighted by atomic mass is 9.93. The van der Waals surface area contributed by atoms with Gasteiger partial charge < -0.3 is 10.4 Å². The number of thioether (sulfide) groups is 1. The molecule has 116 valence electrons. The first-order valence-corrected chi connectivity index (χ1v) is 7.96. The first kappa shape index (κ1) is 15.7. The molecule has 0 aromatic carbocycles. The molecule has 0 radical (unpaired) electrons. The maximum absolute atomic E-state index is 12.0. The molecule has 2 rings (SSSR count). The van der Waals surface area contributed by atoms with Crippen molar-refractivity contribution in [3.05, 3.63) is 0 Å². The fourth-order valence-electron chi connectivity index (χ4n) is 2.04. The Bertz CT molecular complexity index is 525. The normalized spacial score (nSPS) is 15.0. The monoisotopic (exact) mass is 313 g/mol. The van der Waals surface area contributed by atoms with Gasteiger partial charge in [-0.25, -0.2) is 9.48 Å². The van der Waals surface area contributed by atoms with Crippen molar-refractivity contribution >= 4 is 23.6 Å². The summed E-state index contributed by atoms with van der Waals surface area (Å²) in [5, 5.41) is 23.9. The van der Waals surface area contributed by atoms with Gasteiger partial charge >= 0.3 is 5.97 Å². The van der Waals surface area contributed by atoms with Crippen LogP contribution < -0.4 is 5.32 Å². The van der Waals surface area contributed by atoms with E-state index >= 15 is 0 Å². The molecule has 8 nitrogen and oxygen atoms in total. The fraction of sp³-hybridized carbons (Fsp3) is 0.750. The third-order valence-electron chi connectivity index (χ3n) is 3.68. The standard InChI is InChI=1S/C12H19N5O3S/c1-3-12(4-2,10(19)20)13-9(18)7-21-11-14-15-16-17(11)8-5-6-8/h8H,3-7H2,1-2H3,(H,13,18)(H,19,20). The molecule has 0 atom stereocenters. The van der Waals surface area contributed by atoms with E-state index in [2.05, 4.69) is 20.8 Å². The van der Waals surface area contributed by atoms with Gasteiger partial charge in [-0.15, -0.1) is 5.10 Å². The highest BCUT2D eigenvalue weighted by Gasteiger charge is 2.36. The van der Waals surface area contributed by atoms with Gasteiger partial charge in [0.05, 0.1) is 11.8 Å². The predicted molar refractivity (Wildman–Crippen MR) is 75.9 cm³/mol. The fourth-order valence-corrected chi connectivity index (χ4v) is 2.79. The molecule has 1 heterocycles. The summed E-state index contributed by atoms with van der Waals surface area (Å²) >= 11 is 1.23. The number of aliphatic carboxylic acids is 1. The number of hydrogen-bond donors (Lipinski definition) is 2. The Kier molecular flexibility index (Phi) is 4.81. The molecule has 1 fully saturated rings. The summed E-state index contributed by atoms with van der Waals surface area (Å²) in [5.74, 6) is -1.23. The number of amides is 1. The Morgan fingerprint density at radius 1 is 1.43 bits per heavy atom. The van der Waals surface area contributed by atoms with E-state index in [1.807, 2.05) is 0 Å². The average molecular weight is 313 g/mol. The molecule has 0 saturated heterocycles. The molecular formula is C12H19N5O3S. The zero-order valence-corrected chi connectivity index (χ0v) is 12.9. The van der Waals surface area contributed by atoms with Crippen molar-refractivity contribution in [3.8, 4) is 0 Å². The van der Waals surface area contributed by atoms with Crippen LogP contribution >= 0.6 is 11.8 Å². The van der Waals surface area contributed by atoms with Crippen LogP contribution in [0.15, 0.2) is 5.16 Å². The number of rotatable bonds is 8. The number of carbonyl (C=O) groups is 2. The highest BCUT2D eigenvalue weighted by Crippen LogP contribution is 2.36. The summed E-state index contributed by atoms with van der Waals surface area (Å²) in [7, 11) is 0. The van der Waals surface area contributed by atoms with Crippen molar-refractivity contribution in [2.45, 2.75) is 56.3 Å². The van der Waals surface area contributed by atoms with Crippen molar-refractivity contribution in [2.75, 3.05) is 5.75 Å². The SMILES string of the molecule is CCC(CC)(NC(=O)CSc1nnnn1C1CC1)C(=O)O. The first-order chi connectivity index (χ1) is 10.0. The highest BCUT2D eigenvalue weighted by molar-refractivity contribution is 7.99. The second-order valence-corrected chi connectivity index (χ2v) is 6.01. The summed E-state index contributed by atoms with van der Waals surface area (Å²) in [6, 6.07) is 0.343. The van der Waals surface area contributed by atoms with Crippen molar-refractivity contribution in [1.82, 2.24) is 25.5 Å². The zero-order chi connectivity index (χ0) is 15.5. The molecule has 0 unspecified atom stereocenters. The number of nitrogens with zero attached hydrogens (tertiary/aromatic N) is 4. The van der Waals surface area contributed by atoms with Crippen LogP contribution in [-0.4, -0.2) is 48.5 Å². The van der Waals surface area contributed by atoms with Crippen LogP contribution in [0.25, 0.3) is 0 Å². The van der Waals surface area contributed by atoms with Crippen molar-refractivity contribution in [2.24, 2.45) is 0 Å². The number of nitrogens with one attached hydrogen (secondary N) is 1.